The molecule has 0 aliphatic heterocycles. The van der Waals surface area contributed by atoms with Gasteiger partial charge in [-0.05, 0) is 24.3 Å². The van der Waals surface area contributed by atoms with E-state index >= 15 is 0 Å². The van der Waals surface area contributed by atoms with Crippen molar-refractivity contribution in [2.45, 2.75) is 4.90 Å². The fraction of sp³-hybridized carbons (Fsp3) is 0.333. The fourth-order valence-electron chi connectivity index (χ4n) is 1.15. The average molecular weight is 231 g/mol. The Labute approximate surface area is 88.7 Å². The van der Waals surface area contributed by atoms with E-state index in [0.29, 0.717) is 6.54 Å². The zero-order valence-electron chi connectivity index (χ0n) is 8.29. The van der Waals surface area contributed by atoms with E-state index in [1.165, 1.54) is 12.1 Å². The summed E-state index contributed by atoms with van der Waals surface area (Å²) in [7, 11) is -2.35. The lowest BCUT2D eigenvalue weighted by molar-refractivity contribution is 0.304. The molecule has 0 aliphatic carbocycles. The van der Waals surface area contributed by atoms with Crippen LogP contribution < -0.4 is 4.90 Å². The van der Waals surface area contributed by atoms with E-state index in [2.05, 4.69) is 0 Å². The van der Waals surface area contributed by atoms with Crippen molar-refractivity contribution in [3.8, 4) is 0 Å². The molecule has 0 atom stereocenters. The first-order chi connectivity index (χ1) is 6.95. The van der Waals surface area contributed by atoms with Gasteiger partial charge in [-0.3, -0.25) is 4.55 Å². The molecule has 15 heavy (non-hydrogen) atoms. The molecule has 0 radical (unpaired) electrons. The van der Waals surface area contributed by atoms with Gasteiger partial charge in [-0.25, -0.2) is 0 Å². The minimum absolute atomic E-state index is 0.0244. The molecule has 5 nitrogen and oxygen atoms in total. The maximum Gasteiger partial charge on any atom is 0.294 e. The van der Waals surface area contributed by atoms with Crippen LogP contribution in [0.2, 0.25) is 0 Å². The molecule has 0 fully saturated rings. The largest absolute Gasteiger partial charge is 0.395 e. The lowest BCUT2D eigenvalue weighted by Gasteiger charge is -2.17. The number of hydrogen-bond acceptors (Lipinski definition) is 4. The Balaban J connectivity index is 2.90. The molecule has 0 bridgehead atoms. The second kappa shape index (κ2) is 4.61. The summed E-state index contributed by atoms with van der Waals surface area (Å²) in [6, 6.07) is 5.77. The van der Waals surface area contributed by atoms with Gasteiger partial charge in [0.2, 0.25) is 0 Å². The van der Waals surface area contributed by atoms with Crippen LogP contribution in [-0.2, 0) is 10.1 Å². The Kier molecular flexibility index (Phi) is 3.67. The van der Waals surface area contributed by atoms with E-state index in [9.17, 15) is 8.42 Å². The number of rotatable bonds is 4. The SMILES string of the molecule is CN(CCO)c1ccc(S(=O)(=O)O)cc1. The molecule has 6 heteroatoms. The van der Waals surface area contributed by atoms with Gasteiger partial charge in [0, 0.05) is 19.3 Å². The van der Waals surface area contributed by atoms with Crippen LogP contribution in [0, 0.1) is 0 Å². The molecule has 84 valence electrons. The van der Waals surface area contributed by atoms with Crippen molar-refractivity contribution in [3.05, 3.63) is 24.3 Å². The van der Waals surface area contributed by atoms with Crippen LogP contribution >= 0.6 is 0 Å². The third kappa shape index (κ3) is 3.19. The van der Waals surface area contributed by atoms with Gasteiger partial charge < -0.3 is 10.0 Å². The molecule has 2 N–H and O–H groups in total. The van der Waals surface area contributed by atoms with Crippen molar-refractivity contribution >= 4 is 15.8 Å². The van der Waals surface area contributed by atoms with Crippen LogP contribution in [0.3, 0.4) is 0 Å². The molecule has 1 aromatic carbocycles. The standard InChI is InChI=1S/C9H13NO4S/c1-10(6-7-11)8-2-4-9(5-3-8)15(12,13)14/h2-5,11H,6-7H2,1H3,(H,12,13,14). The summed E-state index contributed by atoms with van der Waals surface area (Å²) < 4.78 is 30.2. The van der Waals surface area contributed by atoms with Gasteiger partial charge in [-0.15, -0.1) is 0 Å². The van der Waals surface area contributed by atoms with Gasteiger partial charge >= 0.3 is 0 Å². The van der Waals surface area contributed by atoms with Gasteiger partial charge in [0.1, 0.15) is 0 Å². The van der Waals surface area contributed by atoms with Crippen LogP contribution in [0.1, 0.15) is 0 Å². The van der Waals surface area contributed by atoms with Crippen molar-refractivity contribution in [2.75, 3.05) is 25.1 Å². The molecular formula is C9H13NO4S. The van der Waals surface area contributed by atoms with Crippen molar-refractivity contribution < 1.29 is 18.1 Å². The molecule has 1 aromatic rings. The highest BCUT2D eigenvalue weighted by atomic mass is 32.2. The summed E-state index contributed by atoms with van der Waals surface area (Å²) in [6.07, 6.45) is 0. The molecule has 0 saturated carbocycles. The Hall–Kier alpha value is -1.11. The number of nitrogens with zero attached hydrogens (tertiary/aromatic N) is 1. The molecule has 0 aliphatic rings. The summed E-state index contributed by atoms with van der Waals surface area (Å²) in [5.41, 5.74) is 0.774. The first kappa shape index (κ1) is 12.0. The fourth-order valence-corrected chi connectivity index (χ4v) is 1.63. The zero-order chi connectivity index (χ0) is 11.5. The summed E-state index contributed by atoms with van der Waals surface area (Å²) in [5, 5.41) is 8.70. The van der Waals surface area contributed by atoms with Crippen LogP contribution in [-0.4, -0.2) is 38.3 Å². The monoisotopic (exact) mass is 231 g/mol. The smallest absolute Gasteiger partial charge is 0.294 e. The molecule has 1 rings (SSSR count). The Morgan fingerprint density at radius 3 is 2.20 bits per heavy atom. The molecule has 0 heterocycles. The quantitative estimate of drug-likeness (QED) is 0.732. The predicted molar refractivity (Wildman–Crippen MR) is 56.6 cm³/mol. The molecule has 0 saturated heterocycles. The number of anilines is 1. The van der Waals surface area contributed by atoms with E-state index in [-0.39, 0.29) is 11.5 Å². The number of benzene rings is 1. The second-order valence-corrected chi connectivity index (χ2v) is 4.54. The highest BCUT2D eigenvalue weighted by Gasteiger charge is 2.09. The topological polar surface area (TPSA) is 77.8 Å². The van der Waals surface area contributed by atoms with Gasteiger partial charge in [-0.2, -0.15) is 8.42 Å². The summed E-state index contributed by atoms with van der Waals surface area (Å²) in [5.74, 6) is 0. The van der Waals surface area contributed by atoms with Crippen LogP contribution in [0.25, 0.3) is 0 Å². The van der Waals surface area contributed by atoms with Gasteiger partial charge in [0.05, 0.1) is 11.5 Å². The van der Waals surface area contributed by atoms with E-state index in [4.69, 9.17) is 9.66 Å². The van der Waals surface area contributed by atoms with E-state index in [0.717, 1.165) is 5.69 Å². The summed E-state index contributed by atoms with van der Waals surface area (Å²) in [6.45, 7) is 0.488. The van der Waals surface area contributed by atoms with Crippen molar-refractivity contribution in [1.29, 1.82) is 0 Å². The first-order valence-corrected chi connectivity index (χ1v) is 5.78. The van der Waals surface area contributed by atoms with Gasteiger partial charge in [0.25, 0.3) is 10.1 Å². The predicted octanol–water partition coefficient (Wildman–Crippen LogP) is 0.362. The minimum Gasteiger partial charge on any atom is -0.395 e. The molecular weight excluding hydrogens is 218 g/mol. The highest BCUT2D eigenvalue weighted by Crippen LogP contribution is 2.16. The molecule has 0 unspecified atom stereocenters. The van der Waals surface area contributed by atoms with E-state index in [1.807, 2.05) is 0 Å². The summed E-state index contributed by atoms with van der Waals surface area (Å²) >= 11 is 0. The lowest BCUT2D eigenvalue weighted by Crippen LogP contribution is -2.20. The third-order valence-corrected chi connectivity index (χ3v) is 2.88. The summed E-state index contributed by atoms with van der Waals surface area (Å²) in [4.78, 5) is 1.64. The number of aliphatic hydroxyl groups is 1. The molecule has 0 amide bonds. The Bertz CT molecular complexity index is 412. The third-order valence-electron chi connectivity index (χ3n) is 2.01. The minimum atomic E-state index is -4.13. The Morgan fingerprint density at radius 2 is 1.80 bits per heavy atom. The average Bonchev–Trinajstić information content (AvgIpc) is 2.17. The van der Waals surface area contributed by atoms with Crippen LogP contribution in [0.5, 0.6) is 0 Å². The second-order valence-electron chi connectivity index (χ2n) is 3.11. The van der Waals surface area contributed by atoms with Crippen LogP contribution in [0.4, 0.5) is 5.69 Å². The van der Waals surface area contributed by atoms with E-state index < -0.39 is 10.1 Å². The van der Waals surface area contributed by atoms with Gasteiger partial charge in [-0.1, -0.05) is 0 Å². The van der Waals surface area contributed by atoms with Gasteiger partial charge in [0.15, 0.2) is 0 Å². The van der Waals surface area contributed by atoms with Crippen molar-refractivity contribution in [3.63, 3.8) is 0 Å². The van der Waals surface area contributed by atoms with E-state index in [1.54, 1.807) is 24.1 Å². The maximum atomic E-state index is 10.7. The Morgan fingerprint density at radius 1 is 1.27 bits per heavy atom. The molecule has 0 spiro atoms. The van der Waals surface area contributed by atoms with Crippen molar-refractivity contribution in [1.82, 2.24) is 0 Å². The highest BCUT2D eigenvalue weighted by molar-refractivity contribution is 7.85. The zero-order valence-corrected chi connectivity index (χ0v) is 9.11. The normalized spacial score (nSPS) is 11.4. The number of likely N-dealkylation sites (N-methyl/N-ethyl adjacent to an activating group) is 1. The molecule has 0 aromatic heterocycles. The van der Waals surface area contributed by atoms with Crippen LogP contribution in [0.15, 0.2) is 29.2 Å². The maximum absolute atomic E-state index is 10.7. The van der Waals surface area contributed by atoms with Crippen molar-refractivity contribution in [2.24, 2.45) is 0 Å². The lowest BCUT2D eigenvalue weighted by atomic mass is 10.3. The number of hydrogen-bond donors (Lipinski definition) is 2. The first-order valence-electron chi connectivity index (χ1n) is 4.34. The number of aliphatic hydroxyl groups excluding tert-OH is 1.